The molecule has 0 unspecified atom stereocenters. The number of amides is 1. The van der Waals surface area contributed by atoms with Crippen LogP contribution in [0.1, 0.15) is 40.2 Å². The maximum absolute atomic E-state index is 14.2. The molecule has 1 heterocycles. The molecule has 0 aromatic heterocycles. The summed E-state index contributed by atoms with van der Waals surface area (Å²) in [4.78, 5) is 59.1. The second kappa shape index (κ2) is 15.1. The van der Waals surface area contributed by atoms with Crippen molar-refractivity contribution in [3.05, 3.63) is 53.8 Å². The molecule has 1 N–H and O–H groups in total. The Labute approximate surface area is 247 Å². The van der Waals surface area contributed by atoms with E-state index in [0.29, 0.717) is 24.1 Å². The van der Waals surface area contributed by atoms with Crippen LogP contribution in [0.4, 0.5) is 4.39 Å². The zero-order chi connectivity index (χ0) is 31.7. The molecule has 1 aliphatic rings. The van der Waals surface area contributed by atoms with Gasteiger partial charge < -0.3 is 33.7 Å². The number of hydrogen-bond donors (Lipinski definition) is 1. The molecule has 0 radical (unpaired) electrons. The fraction of sp³-hybridized carbons (Fsp3) is 0.433. The van der Waals surface area contributed by atoms with Gasteiger partial charge in [-0.25, -0.2) is 4.39 Å². The van der Waals surface area contributed by atoms with Crippen molar-refractivity contribution >= 4 is 29.8 Å². The lowest BCUT2D eigenvalue weighted by Gasteiger charge is -2.43. The van der Waals surface area contributed by atoms with Crippen LogP contribution in [0.3, 0.4) is 0 Å². The first-order valence-electron chi connectivity index (χ1n) is 13.4. The lowest BCUT2D eigenvalue weighted by molar-refractivity contribution is -0.288. The van der Waals surface area contributed by atoms with Crippen LogP contribution < -0.4 is 10.1 Å². The minimum atomic E-state index is -1.44. The van der Waals surface area contributed by atoms with Gasteiger partial charge in [-0.2, -0.15) is 0 Å². The number of hydrogen-bond acceptors (Lipinski definition) is 11. The third-order valence-corrected chi connectivity index (χ3v) is 6.19. The lowest BCUT2D eigenvalue weighted by Crippen LogP contribution is -2.63. The second-order valence-corrected chi connectivity index (χ2v) is 9.75. The second-order valence-electron chi connectivity index (χ2n) is 9.75. The van der Waals surface area contributed by atoms with Crippen molar-refractivity contribution in [1.29, 1.82) is 0 Å². The average Bonchev–Trinajstić information content (AvgIpc) is 2.90. The summed E-state index contributed by atoms with van der Waals surface area (Å²) < 4.78 is 47.7. The van der Waals surface area contributed by atoms with Gasteiger partial charge in [0.1, 0.15) is 24.3 Å². The van der Waals surface area contributed by atoms with E-state index in [1.165, 1.54) is 26.0 Å². The number of ether oxygens (including phenoxy) is 6. The van der Waals surface area contributed by atoms with Gasteiger partial charge in [-0.05, 0) is 47.4 Å². The van der Waals surface area contributed by atoms with Crippen LogP contribution in [0.2, 0.25) is 0 Å². The summed E-state index contributed by atoms with van der Waals surface area (Å²) in [7, 11) is 0. The molecule has 1 saturated heterocycles. The summed E-state index contributed by atoms with van der Waals surface area (Å²) >= 11 is 0. The van der Waals surface area contributed by atoms with Crippen LogP contribution in [0.15, 0.2) is 42.5 Å². The zero-order valence-electron chi connectivity index (χ0n) is 24.4. The SMILES string of the molecule is CC(=O)NCCc1ccc(O[C@@H]2O[C@@H](COC(C)=O)[C@H](OC(C)=O)[C@@H](OC(C)=O)[C@H]2OC(C)=O)cc1-c1cccc(F)c1. The van der Waals surface area contributed by atoms with Crippen molar-refractivity contribution in [1.82, 2.24) is 5.32 Å². The number of halogens is 1. The maximum Gasteiger partial charge on any atom is 0.303 e. The quantitative estimate of drug-likeness (QED) is 0.298. The number of carbonyl (C=O) groups excluding carboxylic acids is 5. The Morgan fingerprint density at radius 1 is 0.814 bits per heavy atom. The highest BCUT2D eigenvalue weighted by Crippen LogP contribution is 2.34. The van der Waals surface area contributed by atoms with Gasteiger partial charge in [-0.3, -0.25) is 24.0 Å². The molecule has 3 rings (SSSR count). The Morgan fingerprint density at radius 3 is 2.07 bits per heavy atom. The molecule has 12 nitrogen and oxygen atoms in total. The molecule has 232 valence electrons. The van der Waals surface area contributed by atoms with Gasteiger partial charge in [-0.1, -0.05) is 18.2 Å². The average molecular weight is 604 g/mol. The van der Waals surface area contributed by atoms with E-state index < -0.39 is 67.0 Å². The first kappa shape index (κ1) is 33.0. The van der Waals surface area contributed by atoms with Crippen LogP contribution in [0.25, 0.3) is 11.1 Å². The fourth-order valence-corrected chi connectivity index (χ4v) is 4.56. The molecule has 0 spiro atoms. The molecule has 43 heavy (non-hydrogen) atoms. The summed E-state index contributed by atoms with van der Waals surface area (Å²) in [5.74, 6) is -3.41. The van der Waals surface area contributed by atoms with E-state index in [2.05, 4.69) is 5.32 Å². The topological polar surface area (TPSA) is 153 Å². The Bertz CT molecular complexity index is 1350. The van der Waals surface area contributed by atoms with Gasteiger partial charge in [0, 0.05) is 41.2 Å². The Hall–Kier alpha value is -4.52. The smallest absolute Gasteiger partial charge is 0.303 e. The van der Waals surface area contributed by atoms with Crippen LogP contribution in [0.5, 0.6) is 5.75 Å². The van der Waals surface area contributed by atoms with Gasteiger partial charge in [0.05, 0.1) is 0 Å². The molecule has 2 aromatic carbocycles. The number of rotatable bonds is 11. The Morgan fingerprint density at radius 2 is 1.47 bits per heavy atom. The summed E-state index contributed by atoms with van der Waals surface area (Å²) in [6.07, 6.45) is -6.35. The molecular formula is C30H34FNO11. The monoisotopic (exact) mass is 603 g/mol. The number of esters is 4. The third kappa shape index (κ3) is 9.77. The van der Waals surface area contributed by atoms with Gasteiger partial charge in [-0.15, -0.1) is 0 Å². The number of benzene rings is 2. The highest BCUT2D eigenvalue weighted by atomic mass is 19.1. The third-order valence-electron chi connectivity index (χ3n) is 6.19. The van der Waals surface area contributed by atoms with E-state index in [-0.39, 0.29) is 11.7 Å². The molecule has 1 fully saturated rings. The Kier molecular flexibility index (Phi) is 11.6. The largest absolute Gasteiger partial charge is 0.463 e. The van der Waals surface area contributed by atoms with E-state index in [1.54, 1.807) is 30.3 Å². The van der Waals surface area contributed by atoms with E-state index in [1.807, 2.05) is 0 Å². The van der Waals surface area contributed by atoms with Crippen molar-refractivity contribution in [2.75, 3.05) is 13.2 Å². The summed E-state index contributed by atoms with van der Waals surface area (Å²) in [6.45, 7) is 5.86. The van der Waals surface area contributed by atoms with Gasteiger partial charge in [0.25, 0.3) is 0 Å². The maximum atomic E-state index is 14.2. The highest BCUT2D eigenvalue weighted by molar-refractivity contribution is 5.73. The molecule has 13 heteroatoms. The summed E-state index contributed by atoms with van der Waals surface area (Å²) in [5.41, 5.74) is 1.89. The predicted octanol–water partition coefficient (Wildman–Crippen LogP) is 2.63. The van der Waals surface area contributed by atoms with Crippen LogP contribution >= 0.6 is 0 Å². The molecule has 2 aromatic rings. The number of carbonyl (C=O) groups is 5. The lowest BCUT2D eigenvalue weighted by atomic mass is 9.96. The molecule has 1 amide bonds. The molecule has 1 aliphatic heterocycles. The predicted molar refractivity (Wildman–Crippen MR) is 147 cm³/mol. The summed E-state index contributed by atoms with van der Waals surface area (Å²) in [6, 6.07) is 10.8. The van der Waals surface area contributed by atoms with Crippen LogP contribution in [0, 0.1) is 5.82 Å². The first-order chi connectivity index (χ1) is 20.3. The van der Waals surface area contributed by atoms with Crippen molar-refractivity contribution in [3.63, 3.8) is 0 Å². The van der Waals surface area contributed by atoms with Crippen molar-refractivity contribution < 1.29 is 56.8 Å². The van der Waals surface area contributed by atoms with Crippen LogP contribution in [-0.2, 0) is 54.1 Å². The van der Waals surface area contributed by atoms with Crippen molar-refractivity contribution in [2.24, 2.45) is 0 Å². The van der Waals surface area contributed by atoms with E-state index in [9.17, 15) is 28.4 Å². The van der Waals surface area contributed by atoms with E-state index in [0.717, 1.165) is 26.3 Å². The fourth-order valence-electron chi connectivity index (χ4n) is 4.56. The van der Waals surface area contributed by atoms with Gasteiger partial charge in [0.2, 0.25) is 18.3 Å². The summed E-state index contributed by atoms with van der Waals surface area (Å²) in [5, 5.41) is 2.73. The minimum Gasteiger partial charge on any atom is -0.463 e. The standard InChI is InChI=1S/C30H34FNO11/c1-16(33)32-12-11-21-9-10-24(14-25(21)22-7-6-8-23(31)13-22)42-30-29(41-20(5)37)28(40-19(4)36)27(39-18(3)35)26(43-30)15-38-17(2)34/h6-10,13-14,26-30H,11-12,15H2,1-5H3,(H,32,33)/t26-,27-,28+,29+,30+/m0/s1. The van der Waals surface area contributed by atoms with Gasteiger partial charge in [0.15, 0.2) is 12.2 Å². The van der Waals surface area contributed by atoms with Gasteiger partial charge >= 0.3 is 23.9 Å². The van der Waals surface area contributed by atoms with Crippen molar-refractivity contribution in [3.8, 4) is 16.9 Å². The minimum absolute atomic E-state index is 0.198. The van der Waals surface area contributed by atoms with Crippen LogP contribution in [-0.4, -0.2) is 73.6 Å². The number of nitrogens with one attached hydrogen (secondary N) is 1. The van der Waals surface area contributed by atoms with E-state index in [4.69, 9.17) is 28.4 Å². The molecular weight excluding hydrogens is 569 g/mol. The molecule has 0 bridgehead atoms. The molecule has 0 aliphatic carbocycles. The van der Waals surface area contributed by atoms with Crippen molar-refractivity contribution in [2.45, 2.75) is 71.7 Å². The van der Waals surface area contributed by atoms with E-state index >= 15 is 0 Å². The zero-order valence-corrected chi connectivity index (χ0v) is 24.4. The highest BCUT2D eigenvalue weighted by Gasteiger charge is 2.53. The molecule has 5 atom stereocenters. The molecule has 0 saturated carbocycles. The first-order valence-corrected chi connectivity index (χ1v) is 13.4. The normalized spacial score (nSPS) is 21.2. The Balaban J connectivity index is 2.04.